The Hall–Kier alpha value is 0.150. The van der Waals surface area contributed by atoms with E-state index < -0.39 is 10.0 Å². The third-order valence-electron chi connectivity index (χ3n) is 1.54. The van der Waals surface area contributed by atoms with Gasteiger partial charge >= 0.3 is 0 Å². The third-order valence-corrected chi connectivity index (χ3v) is 3.45. The van der Waals surface area contributed by atoms with Crippen LogP contribution in [0.4, 0.5) is 0 Å². The zero-order chi connectivity index (χ0) is 10.8. The number of halogens is 2. The first-order valence-electron chi connectivity index (χ1n) is 3.77. The van der Waals surface area contributed by atoms with Gasteiger partial charge in [0.1, 0.15) is 0 Å². The van der Waals surface area contributed by atoms with E-state index in [0.29, 0.717) is 11.6 Å². The lowest BCUT2D eigenvalue weighted by Crippen LogP contribution is -2.21. The van der Waals surface area contributed by atoms with E-state index in [1.165, 1.54) is 0 Å². The standard InChI is InChI=1S/C8H9ClINO2S/c1-14(12,13)11-5-6-2-3-7(9)4-8(6)10/h2-4,11H,5H2,1H3. The molecule has 0 spiro atoms. The van der Waals surface area contributed by atoms with Crippen LogP contribution >= 0.6 is 34.2 Å². The monoisotopic (exact) mass is 345 g/mol. The molecule has 1 rings (SSSR count). The molecule has 0 aliphatic carbocycles. The van der Waals surface area contributed by atoms with Gasteiger partial charge in [-0.15, -0.1) is 0 Å². The summed E-state index contributed by atoms with van der Waals surface area (Å²) in [6, 6.07) is 5.34. The minimum atomic E-state index is -3.14. The maximum absolute atomic E-state index is 10.8. The van der Waals surface area contributed by atoms with E-state index in [1.807, 2.05) is 6.07 Å². The normalized spacial score (nSPS) is 11.6. The van der Waals surface area contributed by atoms with Crippen LogP contribution in [0.5, 0.6) is 0 Å². The number of benzene rings is 1. The number of nitrogens with one attached hydrogen (secondary N) is 1. The topological polar surface area (TPSA) is 46.2 Å². The summed E-state index contributed by atoms with van der Waals surface area (Å²) in [4.78, 5) is 0. The number of sulfonamides is 1. The van der Waals surface area contributed by atoms with E-state index in [2.05, 4.69) is 27.3 Å². The van der Waals surface area contributed by atoms with Gasteiger partial charge in [0.2, 0.25) is 10.0 Å². The summed E-state index contributed by atoms with van der Waals surface area (Å²) >= 11 is 7.88. The molecule has 78 valence electrons. The quantitative estimate of drug-likeness (QED) is 0.852. The molecule has 0 atom stereocenters. The van der Waals surface area contributed by atoms with E-state index in [4.69, 9.17) is 11.6 Å². The van der Waals surface area contributed by atoms with Gasteiger partial charge in [0.15, 0.2) is 0 Å². The van der Waals surface area contributed by atoms with Crippen LogP contribution in [0.25, 0.3) is 0 Å². The second-order valence-corrected chi connectivity index (χ2v) is 6.26. The zero-order valence-electron chi connectivity index (χ0n) is 7.42. The van der Waals surface area contributed by atoms with Crippen LogP contribution in [0.3, 0.4) is 0 Å². The smallest absolute Gasteiger partial charge is 0.209 e. The van der Waals surface area contributed by atoms with E-state index in [9.17, 15) is 8.42 Å². The molecule has 6 heteroatoms. The van der Waals surface area contributed by atoms with Crippen molar-refractivity contribution in [3.8, 4) is 0 Å². The summed E-state index contributed by atoms with van der Waals surface area (Å²) < 4.78 is 25.1. The van der Waals surface area contributed by atoms with Crippen LogP contribution in [0.15, 0.2) is 18.2 Å². The molecular formula is C8H9ClINO2S. The predicted molar refractivity (Wildman–Crippen MR) is 65.9 cm³/mol. The average molecular weight is 346 g/mol. The largest absolute Gasteiger partial charge is 0.213 e. The third kappa shape index (κ3) is 4.12. The second kappa shape index (κ2) is 4.78. The Morgan fingerprint density at radius 1 is 1.50 bits per heavy atom. The fourth-order valence-corrected chi connectivity index (χ4v) is 2.35. The first-order valence-corrected chi connectivity index (χ1v) is 7.12. The molecule has 0 fully saturated rings. The highest BCUT2D eigenvalue weighted by Crippen LogP contribution is 2.17. The van der Waals surface area contributed by atoms with Gasteiger partial charge in [-0.2, -0.15) is 0 Å². The molecule has 1 aromatic rings. The van der Waals surface area contributed by atoms with Crippen molar-refractivity contribution in [2.45, 2.75) is 6.54 Å². The highest BCUT2D eigenvalue weighted by molar-refractivity contribution is 14.1. The van der Waals surface area contributed by atoms with Crippen molar-refractivity contribution in [2.75, 3.05) is 6.26 Å². The summed E-state index contributed by atoms with van der Waals surface area (Å²) in [6.45, 7) is 0.300. The zero-order valence-corrected chi connectivity index (χ0v) is 11.1. The molecule has 0 amide bonds. The van der Waals surface area contributed by atoms with Crippen LogP contribution in [0.2, 0.25) is 5.02 Å². The van der Waals surface area contributed by atoms with E-state index in [0.717, 1.165) is 15.4 Å². The summed E-state index contributed by atoms with van der Waals surface area (Å²) in [5.41, 5.74) is 0.917. The molecule has 0 aromatic heterocycles. The van der Waals surface area contributed by atoms with Crippen molar-refractivity contribution in [1.82, 2.24) is 4.72 Å². The minimum Gasteiger partial charge on any atom is -0.213 e. The van der Waals surface area contributed by atoms with Crippen LogP contribution in [-0.4, -0.2) is 14.7 Å². The number of hydrogen-bond acceptors (Lipinski definition) is 2. The minimum absolute atomic E-state index is 0.300. The highest BCUT2D eigenvalue weighted by Gasteiger charge is 2.04. The fraction of sp³-hybridized carbons (Fsp3) is 0.250. The van der Waals surface area contributed by atoms with Crippen molar-refractivity contribution in [2.24, 2.45) is 0 Å². The predicted octanol–water partition coefficient (Wildman–Crippen LogP) is 1.99. The molecule has 0 aliphatic rings. The summed E-state index contributed by atoms with van der Waals surface area (Å²) in [5.74, 6) is 0. The first-order chi connectivity index (χ1) is 6.38. The van der Waals surface area contributed by atoms with Gasteiger partial charge in [-0.3, -0.25) is 0 Å². The van der Waals surface area contributed by atoms with Crippen molar-refractivity contribution in [1.29, 1.82) is 0 Å². The van der Waals surface area contributed by atoms with Crippen LogP contribution < -0.4 is 4.72 Å². The molecule has 0 unspecified atom stereocenters. The number of rotatable bonds is 3. The Morgan fingerprint density at radius 3 is 2.64 bits per heavy atom. The van der Waals surface area contributed by atoms with Gasteiger partial charge in [-0.1, -0.05) is 17.7 Å². The van der Waals surface area contributed by atoms with Crippen molar-refractivity contribution in [3.05, 3.63) is 32.4 Å². The molecule has 14 heavy (non-hydrogen) atoms. The maximum Gasteiger partial charge on any atom is 0.209 e. The number of hydrogen-bond donors (Lipinski definition) is 1. The molecule has 0 heterocycles. The Kier molecular flexibility index (Phi) is 4.17. The molecular weight excluding hydrogens is 337 g/mol. The van der Waals surface area contributed by atoms with Gasteiger partial charge in [-0.25, -0.2) is 13.1 Å². The summed E-state index contributed by atoms with van der Waals surface area (Å²) in [5, 5.41) is 0.650. The van der Waals surface area contributed by atoms with Crippen LogP contribution in [-0.2, 0) is 16.6 Å². The van der Waals surface area contributed by atoms with Crippen molar-refractivity contribution in [3.63, 3.8) is 0 Å². The lowest BCUT2D eigenvalue weighted by Gasteiger charge is -2.05. The molecule has 0 saturated heterocycles. The van der Waals surface area contributed by atoms with Crippen molar-refractivity contribution >= 4 is 44.2 Å². The molecule has 0 saturated carbocycles. The SMILES string of the molecule is CS(=O)(=O)NCc1ccc(Cl)cc1I. The average Bonchev–Trinajstić information content (AvgIpc) is 2.00. The Bertz CT molecular complexity index is 433. The van der Waals surface area contributed by atoms with Gasteiger partial charge < -0.3 is 0 Å². The summed E-state index contributed by atoms with van der Waals surface area (Å²) in [7, 11) is -3.14. The molecule has 1 N–H and O–H groups in total. The Labute approximate surface area is 102 Å². The highest BCUT2D eigenvalue weighted by atomic mass is 127. The molecule has 0 bridgehead atoms. The van der Waals surface area contributed by atoms with Gasteiger partial charge in [0, 0.05) is 15.1 Å². The van der Waals surface area contributed by atoms with Crippen molar-refractivity contribution < 1.29 is 8.42 Å². The lowest BCUT2D eigenvalue weighted by atomic mass is 10.2. The Morgan fingerprint density at radius 2 is 2.14 bits per heavy atom. The van der Waals surface area contributed by atoms with E-state index in [-0.39, 0.29) is 0 Å². The molecule has 1 aromatic carbocycles. The van der Waals surface area contributed by atoms with E-state index >= 15 is 0 Å². The Balaban J connectivity index is 2.78. The lowest BCUT2D eigenvalue weighted by molar-refractivity contribution is 0.587. The summed E-state index contributed by atoms with van der Waals surface area (Å²) in [6.07, 6.45) is 1.13. The van der Waals surface area contributed by atoms with Gasteiger partial charge in [0.25, 0.3) is 0 Å². The maximum atomic E-state index is 10.8. The van der Waals surface area contributed by atoms with Gasteiger partial charge in [0.05, 0.1) is 6.26 Å². The second-order valence-electron chi connectivity index (χ2n) is 2.83. The van der Waals surface area contributed by atoms with E-state index in [1.54, 1.807) is 12.1 Å². The van der Waals surface area contributed by atoms with Crippen LogP contribution in [0, 0.1) is 3.57 Å². The van der Waals surface area contributed by atoms with Crippen LogP contribution in [0.1, 0.15) is 5.56 Å². The molecule has 0 radical (unpaired) electrons. The molecule has 3 nitrogen and oxygen atoms in total. The fourth-order valence-electron chi connectivity index (χ4n) is 0.874. The van der Waals surface area contributed by atoms with Gasteiger partial charge in [-0.05, 0) is 40.3 Å². The first kappa shape index (κ1) is 12.2. The molecule has 0 aliphatic heterocycles.